The molecule has 1 aromatic rings. The number of aromatic nitrogens is 1. The van der Waals surface area contributed by atoms with Crippen LogP contribution in [0, 0.1) is 5.92 Å². The van der Waals surface area contributed by atoms with Crippen LogP contribution >= 0.6 is 24.0 Å². The van der Waals surface area contributed by atoms with Crippen LogP contribution in [0.2, 0.25) is 5.15 Å². The molecule has 1 N–H and O–H groups in total. The smallest absolute Gasteiger partial charge is 0.133 e. The van der Waals surface area contributed by atoms with E-state index in [-0.39, 0.29) is 12.4 Å². The summed E-state index contributed by atoms with van der Waals surface area (Å²) in [6, 6.07) is 4.42. The summed E-state index contributed by atoms with van der Waals surface area (Å²) in [6.07, 6.45) is 2.90. The van der Waals surface area contributed by atoms with Crippen molar-refractivity contribution >= 4 is 24.0 Å². The van der Waals surface area contributed by atoms with Gasteiger partial charge in [-0.3, -0.25) is 0 Å². The average Bonchev–Trinajstić information content (AvgIpc) is 2.26. The maximum Gasteiger partial charge on any atom is 0.133 e. The van der Waals surface area contributed by atoms with Crippen LogP contribution in [-0.2, 0) is 6.54 Å². The minimum absolute atomic E-state index is 0. The van der Waals surface area contributed by atoms with Crippen LogP contribution in [0.1, 0.15) is 32.8 Å². The van der Waals surface area contributed by atoms with Gasteiger partial charge in [0.2, 0.25) is 0 Å². The van der Waals surface area contributed by atoms with Gasteiger partial charge in [-0.1, -0.05) is 37.9 Å². The van der Waals surface area contributed by atoms with E-state index >= 15 is 0 Å². The standard InChI is InChI=1S/C12H19ClN2.ClH/c1-4-9(2)10(3)15-8-11-6-5-7-14-12(11)13;/h5-7,9-10,15H,4,8H2,1-3H3;1H. The molecule has 0 aromatic carbocycles. The van der Waals surface area contributed by atoms with Gasteiger partial charge in [0.05, 0.1) is 0 Å². The molecule has 0 aliphatic rings. The number of hydrogen-bond donors (Lipinski definition) is 1. The first-order chi connectivity index (χ1) is 7.15. The number of hydrogen-bond acceptors (Lipinski definition) is 2. The number of halogens is 2. The average molecular weight is 263 g/mol. The van der Waals surface area contributed by atoms with E-state index in [2.05, 4.69) is 31.1 Å². The molecule has 0 spiro atoms. The molecule has 0 amide bonds. The van der Waals surface area contributed by atoms with Gasteiger partial charge in [-0.15, -0.1) is 12.4 Å². The predicted octanol–water partition coefficient (Wildman–Crippen LogP) is 3.68. The Kier molecular flexibility index (Phi) is 7.73. The first-order valence-electron chi connectivity index (χ1n) is 5.48. The van der Waals surface area contributed by atoms with E-state index in [1.807, 2.05) is 12.1 Å². The molecular weight excluding hydrogens is 243 g/mol. The SMILES string of the molecule is CCC(C)C(C)NCc1cccnc1Cl.Cl. The fourth-order valence-electron chi connectivity index (χ4n) is 1.38. The summed E-state index contributed by atoms with van der Waals surface area (Å²) < 4.78 is 0. The van der Waals surface area contributed by atoms with Gasteiger partial charge < -0.3 is 5.32 Å². The van der Waals surface area contributed by atoms with Gasteiger partial charge >= 0.3 is 0 Å². The van der Waals surface area contributed by atoms with E-state index in [0.29, 0.717) is 17.1 Å². The van der Waals surface area contributed by atoms with Crippen molar-refractivity contribution in [3.05, 3.63) is 29.0 Å². The van der Waals surface area contributed by atoms with Crippen molar-refractivity contribution in [1.29, 1.82) is 0 Å². The molecule has 2 atom stereocenters. The first kappa shape index (κ1) is 15.7. The fourth-order valence-corrected chi connectivity index (χ4v) is 1.56. The zero-order valence-corrected chi connectivity index (χ0v) is 11.6. The van der Waals surface area contributed by atoms with Crippen LogP contribution in [0.3, 0.4) is 0 Å². The molecule has 0 radical (unpaired) electrons. The van der Waals surface area contributed by atoms with Gasteiger partial charge in [0.25, 0.3) is 0 Å². The maximum absolute atomic E-state index is 5.97. The Morgan fingerprint density at radius 2 is 2.12 bits per heavy atom. The lowest BCUT2D eigenvalue weighted by Gasteiger charge is -2.20. The van der Waals surface area contributed by atoms with Crippen LogP contribution in [0.4, 0.5) is 0 Å². The van der Waals surface area contributed by atoms with Gasteiger partial charge in [0, 0.05) is 24.3 Å². The lowest BCUT2D eigenvalue weighted by atomic mass is 10.0. The normalized spacial score (nSPS) is 14.0. The lowest BCUT2D eigenvalue weighted by molar-refractivity contribution is 0.389. The zero-order chi connectivity index (χ0) is 11.3. The van der Waals surface area contributed by atoms with Crippen molar-refractivity contribution in [3.63, 3.8) is 0 Å². The Balaban J connectivity index is 0.00000225. The summed E-state index contributed by atoms with van der Waals surface area (Å²) in [7, 11) is 0. The van der Waals surface area contributed by atoms with Gasteiger partial charge in [0.15, 0.2) is 0 Å². The molecule has 0 aliphatic carbocycles. The second kappa shape index (κ2) is 7.88. The third-order valence-corrected chi connectivity index (χ3v) is 3.29. The summed E-state index contributed by atoms with van der Waals surface area (Å²) in [5.41, 5.74) is 1.06. The van der Waals surface area contributed by atoms with Crippen LogP contribution < -0.4 is 5.32 Å². The second-order valence-electron chi connectivity index (χ2n) is 4.01. The van der Waals surface area contributed by atoms with Crippen molar-refractivity contribution in [1.82, 2.24) is 10.3 Å². The molecule has 16 heavy (non-hydrogen) atoms. The molecule has 2 nitrogen and oxygen atoms in total. The Hall–Kier alpha value is -0.310. The van der Waals surface area contributed by atoms with Crippen molar-refractivity contribution < 1.29 is 0 Å². The summed E-state index contributed by atoms with van der Waals surface area (Å²) in [5, 5.41) is 4.06. The monoisotopic (exact) mass is 262 g/mol. The number of pyridine rings is 1. The van der Waals surface area contributed by atoms with E-state index < -0.39 is 0 Å². The molecule has 0 saturated carbocycles. The minimum atomic E-state index is 0. The highest BCUT2D eigenvalue weighted by Crippen LogP contribution is 2.13. The molecule has 0 fully saturated rings. The van der Waals surface area contributed by atoms with E-state index in [1.165, 1.54) is 6.42 Å². The Morgan fingerprint density at radius 1 is 1.44 bits per heavy atom. The number of nitrogens with one attached hydrogen (secondary N) is 1. The zero-order valence-electron chi connectivity index (χ0n) is 10.0. The topological polar surface area (TPSA) is 24.9 Å². The highest BCUT2D eigenvalue weighted by Gasteiger charge is 2.09. The molecule has 1 rings (SSSR count). The Bertz CT molecular complexity index is 305. The quantitative estimate of drug-likeness (QED) is 0.820. The van der Waals surface area contributed by atoms with Gasteiger partial charge in [0.1, 0.15) is 5.15 Å². The van der Waals surface area contributed by atoms with Gasteiger partial charge in [-0.25, -0.2) is 4.98 Å². The van der Waals surface area contributed by atoms with E-state index in [4.69, 9.17) is 11.6 Å². The predicted molar refractivity (Wildman–Crippen MR) is 72.3 cm³/mol. The molecule has 2 unspecified atom stereocenters. The highest BCUT2D eigenvalue weighted by atomic mass is 35.5. The van der Waals surface area contributed by atoms with E-state index in [1.54, 1.807) is 6.20 Å². The summed E-state index contributed by atoms with van der Waals surface area (Å²) in [6.45, 7) is 7.46. The Morgan fingerprint density at radius 3 is 2.69 bits per heavy atom. The first-order valence-corrected chi connectivity index (χ1v) is 5.85. The second-order valence-corrected chi connectivity index (χ2v) is 4.37. The molecule has 0 aliphatic heterocycles. The summed E-state index contributed by atoms with van der Waals surface area (Å²) in [5.74, 6) is 0.681. The maximum atomic E-state index is 5.97. The summed E-state index contributed by atoms with van der Waals surface area (Å²) in [4.78, 5) is 4.05. The molecule has 1 heterocycles. The van der Waals surface area contributed by atoms with Crippen molar-refractivity contribution in [2.75, 3.05) is 0 Å². The van der Waals surface area contributed by atoms with Crippen molar-refractivity contribution in [2.45, 2.75) is 39.8 Å². The lowest BCUT2D eigenvalue weighted by Crippen LogP contribution is -2.31. The van der Waals surface area contributed by atoms with Crippen molar-refractivity contribution in [3.8, 4) is 0 Å². The molecule has 92 valence electrons. The largest absolute Gasteiger partial charge is 0.310 e. The van der Waals surface area contributed by atoms with Gasteiger partial charge in [-0.2, -0.15) is 0 Å². The van der Waals surface area contributed by atoms with E-state index in [9.17, 15) is 0 Å². The van der Waals surface area contributed by atoms with Gasteiger partial charge in [-0.05, 0) is 18.9 Å². The van der Waals surface area contributed by atoms with Crippen LogP contribution in [0.15, 0.2) is 18.3 Å². The molecule has 4 heteroatoms. The Labute approximate surface area is 109 Å². The third kappa shape index (κ3) is 4.69. The fraction of sp³-hybridized carbons (Fsp3) is 0.583. The van der Waals surface area contributed by atoms with Crippen molar-refractivity contribution in [2.24, 2.45) is 5.92 Å². The minimum Gasteiger partial charge on any atom is -0.310 e. The number of rotatable bonds is 5. The van der Waals surface area contributed by atoms with Crippen LogP contribution in [0.5, 0.6) is 0 Å². The molecule has 1 aromatic heterocycles. The van der Waals surface area contributed by atoms with Crippen LogP contribution in [-0.4, -0.2) is 11.0 Å². The molecular formula is C12H20Cl2N2. The van der Waals surface area contributed by atoms with E-state index in [0.717, 1.165) is 12.1 Å². The molecule has 0 bridgehead atoms. The number of nitrogens with zero attached hydrogens (tertiary/aromatic N) is 1. The summed E-state index contributed by atoms with van der Waals surface area (Å²) >= 11 is 5.97. The molecule has 0 saturated heterocycles. The third-order valence-electron chi connectivity index (χ3n) is 2.95. The highest BCUT2D eigenvalue weighted by molar-refractivity contribution is 6.30. The van der Waals surface area contributed by atoms with Crippen LogP contribution in [0.25, 0.3) is 0 Å².